The lowest BCUT2D eigenvalue weighted by molar-refractivity contribution is 0.628. The van der Waals surface area contributed by atoms with Crippen LogP contribution < -0.4 is 4.90 Å². The van der Waals surface area contributed by atoms with Crippen molar-refractivity contribution in [2.24, 2.45) is 0 Å². The Morgan fingerprint density at radius 3 is 2.24 bits per heavy atom. The van der Waals surface area contributed by atoms with Gasteiger partial charge >= 0.3 is 0 Å². The molecule has 0 atom stereocenters. The van der Waals surface area contributed by atoms with Crippen LogP contribution in [-0.4, -0.2) is 6.54 Å². The molecule has 5 rings (SSSR count). The Bertz CT molecular complexity index is 1710. The zero-order valence-corrected chi connectivity index (χ0v) is 26.1. The summed E-state index contributed by atoms with van der Waals surface area (Å²) in [7, 11) is 0. The molecule has 1 aliphatic heterocycles. The third-order valence-corrected chi connectivity index (χ3v) is 9.15. The van der Waals surface area contributed by atoms with Crippen molar-refractivity contribution in [3.8, 4) is 0 Å². The van der Waals surface area contributed by atoms with E-state index in [4.69, 9.17) is 11.6 Å². The lowest BCUT2D eigenvalue weighted by Gasteiger charge is -2.30. The van der Waals surface area contributed by atoms with Crippen LogP contribution in [0, 0.1) is 6.92 Å². The van der Waals surface area contributed by atoms with E-state index in [9.17, 15) is 0 Å². The van der Waals surface area contributed by atoms with Crippen molar-refractivity contribution in [1.82, 2.24) is 0 Å². The van der Waals surface area contributed by atoms with Gasteiger partial charge in [0, 0.05) is 33.8 Å². The van der Waals surface area contributed by atoms with Crippen LogP contribution in [0.4, 0.5) is 5.69 Å². The van der Waals surface area contributed by atoms with Crippen LogP contribution in [0.3, 0.4) is 0 Å². The van der Waals surface area contributed by atoms with E-state index < -0.39 is 0 Å². The fraction of sp³-hybridized carbons (Fsp3) is 0.282. The Balaban J connectivity index is 1.47. The maximum absolute atomic E-state index is 6.85. The number of benzene rings is 4. The first-order chi connectivity index (χ1) is 19.6. The molecule has 4 aromatic carbocycles. The van der Waals surface area contributed by atoms with Crippen molar-refractivity contribution in [3.05, 3.63) is 137 Å². The summed E-state index contributed by atoms with van der Waals surface area (Å²) >= 11 is 6.85. The first-order valence-electron chi connectivity index (χ1n) is 14.8. The highest BCUT2D eigenvalue weighted by atomic mass is 35.5. The van der Waals surface area contributed by atoms with Gasteiger partial charge in [-0.15, -0.1) is 0 Å². The molecule has 0 unspecified atom stereocenters. The van der Waals surface area contributed by atoms with Crippen LogP contribution in [0.2, 0.25) is 0 Å². The van der Waals surface area contributed by atoms with Gasteiger partial charge < -0.3 is 4.90 Å². The predicted octanol–water partition coefficient (Wildman–Crippen LogP) is 11.3. The van der Waals surface area contributed by atoms with Crippen LogP contribution in [0.1, 0.15) is 64.2 Å². The molecular weight excluding hydrogens is 518 g/mol. The van der Waals surface area contributed by atoms with Gasteiger partial charge in [-0.3, -0.25) is 0 Å². The zero-order chi connectivity index (χ0) is 29.4. The molecule has 4 aromatic rings. The Morgan fingerprint density at radius 2 is 1.54 bits per heavy atom. The minimum Gasteiger partial charge on any atom is -0.344 e. The molecule has 0 radical (unpaired) electrons. The number of rotatable bonds is 8. The zero-order valence-electron chi connectivity index (χ0n) is 25.4. The maximum atomic E-state index is 6.85. The van der Waals surface area contributed by atoms with Gasteiger partial charge in [0.1, 0.15) is 0 Å². The normalized spacial score (nSPS) is 16.3. The molecule has 0 bridgehead atoms. The molecule has 0 fully saturated rings. The minimum atomic E-state index is -0.246. The summed E-state index contributed by atoms with van der Waals surface area (Å²) in [5, 5.41) is 5.84. The van der Waals surface area contributed by atoms with Crippen LogP contribution in [-0.2, 0) is 10.8 Å². The van der Waals surface area contributed by atoms with Crippen LogP contribution in [0.5, 0.6) is 0 Å². The Hall–Kier alpha value is -3.55. The van der Waals surface area contributed by atoms with E-state index in [0.29, 0.717) is 5.03 Å². The number of anilines is 1. The number of allylic oxidation sites excluding steroid dienone is 7. The second kappa shape index (κ2) is 11.4. The number of aryl methyl sites for hydroxylation is 1. The second-order valence-corrected chi connectivity index (χ2v) is 12.8. The first kappa shape index (κ1) is 29.0. The molecule has 41 heavy (non-hydrogen) atoms. The number of halogens is 1. The topological polar surface area (TPSA) is 3.24 Å². The molecule has 1 aliphatic rings. The Labute approximate surface area is 251 Å². The first-order valence-corrected chi connectivity index (χ1v) is 15.2. The molecule has 0 N–H and O–H groups in total. The molecule has 2 heteroatoms. The number of nitrogens with zero attached hydrogens (tertiary/aromatic N) is 1. The van der Waals surface area contributed by atoms with Gasteiger partial charge in [0.2, 0.25) is 0 Å². The fourth-order valence-corrected chi connectivity index (χ4v) is 6.69. The largest absolute Gasteiger partial charge is 0.344 e. The highest BCUT2D eigenvalue weighted by Crippen LogP contribution is 2.51. The minimum absolute atomic E-state index is 0.140. The summed E-state index contributed by atoms with van der Waals surface area (Å²) in [5.74, 6) is 0. The predicted molar refractivity (Wildman–Crippen MR) is 181 cm³/mol. The molecule has 0 spiro atoms. The molecule has 1 heterocycles. The smallest absolute Gasteiger partial charge is 0.0457 e. The summed E-state index contributed by atoms with van der Waals surface area (Å²) in [6.45, 7) is 19.1. The maximum Gasteiger partial charge on any atom is 0.0457 e. The SMILES string of the molecule is C=C(/C=C/C(Cl)=C/C=C1/N(CCCC)c2ccc3ccccc3c2C1(C)C)C(C)(C)c1c(C)ccc2ccccc12. The van der Waals surface area contributed by atoms with E-state index >= 15 is 0 Å². The molecule has 210 valence electrons. The quantitative estimate of drug-likeness (QED) is 0.194. The molecule has 0 amide bonds. The van der Waals surface area contributed by atoms with Gasteiger partial charge in [-0.05, 0) is 81.4 Å². The van der Waals surface area contributed by atoms with Crippen LogP contribution in [0.25, 0.3) is 21.5 Å². The average molecular weight is 560 g/mol. The lowest BCUT2D eigenvalue weighted by Crippen LogP contribution is -2.27. The highest BCUT2D eigenvalue weighted by molar-refractivity contribution is 6.31. The summed E-state index contributed by atoms with van der Waals surface area (Å²) in [6.07, 6.45) is 10.6. The summed E-state index contributed by atoms with van der Waals surface area (Å²) in [5.41, 5.74) is 7.24. The number of unbranched alkanes of at least 4 members (excludes halogenated alkanes) is 1. The molecule has 0 saturated heterocycles. The van der Waals surface area contributed by atoms with Gasteiger partial charge in [-0.2, -0.15) is 0 Å². The van der Waals surface area contributed by atoms with Gasteiger partial charge in [0.15, 0.2) is 0 Å². The van der Waals surface area contributed by atoms with Crippen LogP contribution in [0.15, 0.2) is 120 Å². The van der Waals surface area contributed by atoms with E-state index in [1.807, 2.05) is 12.2 Å². The summed E-state index contributed by atoms with van der Waals surface area (Å²) < 4.78 is 0. The van der Waals surface area contributed by atoms with Crippen molar-refractivity contribution < 1.29 is 0 Å². The van der Waals surface area contributed by atoms with E-state index in [0.717, 1.165) is 25.0 Å². The molecule has 0 aromatic heterocycles. The Morgan fingerprint density at radius 1 is 0.902 bits per heavy atom. The Kier molecular flexibility index (Phi) is 8.04. The van der Waals surface area contributed by atoms with E-state index in [1.165, 1.54) is 49.6 Å². The summed E-state index contributed by atoms with van der Waals surface area (Å²) in [4.78, 5) is 2.50. The number of hydrogen-bond acceptors (Lipinski definition) is 1. The van der Waals surface area contributed by atoms with Crippen molar-refractivity contribution in [3.63, 3.8) is 0 Å². The highest BCUT2D eigenvalue weighted by Gasteiger charge is 2.40. The van der Waals surface area contributed by atoms with E-state index in [1.54, 1.807) is 0 Å². The van der Waals surface area contributed by atoms with Gasteiger partial charge in [-0.25, -0.2) is 0 Å². The van der Waals surface area contributed by atoms with E-state index in [2.05, 4.69) is 138 Å². The van der Waals surface area contributed by atoms with Gasteiger partial charge in [0.05, 0.1) is 0 Å². The van der Waals surface area contributed by atoms with Crippen LogP contribution >= 0.6 is 11.6 Å². The monoisotopic (exact) mass is 559 g/mol. The van der Waals surface area contributed by atoms with Crippen molar-refractivity contribution in [1.29, 1.82) is 0 Å². The number of hydrogen-bond donors (Lipinski definition) is 0. The summed E-state index contributed by atoms with van der Waals surface area (Å²) in [6, 6.07) is 26.3. The fourth-order valence-electron chi connectivity index (χ4n) is 6.57. The number of fused-ring (bicyclic) bond motifs is 4. The average Bonchev–Trinajstić information content (AvgIpc) is 3.18. The molecule has 0 aliphatic carbocycles. The third kappa shape index (κ3) is 5.29. The molecule has 1 nitrogen and oxygen atoms in total. The van der Waals surface area contributed by atoms with E-state index in [-0.39, 0.29) is 10.8 Å². The second-order valence-electron chi connectivity index (χ2n) is 12.4. The van der Waals surface area contributed by atoms with Crippen molar-refractivity contribution in [2.75, 3.05) is 11.4 Å². The molecule has 0 saturated carbocycles. The van der Waals surface area contributed by atoms with Gasteiger partial charge in [0.25, 0.3) is 0 Å². The third-order valence-electron chi connectivity index (χ3n) is 8.90. The van der Waals surface area contributed by atoms with Gasteiger partial charge in [-0.1, -0.05) is 132 Å². The van der Waals surface area contributed by atoms with Crippen molar-refractivity contribution in [2.45, 2.75) is 65.2 Å². The molecular formula is C39H42ClN. The standard InChI is InChI=1S/C39H42ClN/c1-8-9-26-41-34-24-21-30-15-11-13-17-33(30)37(34)39(6,7)35(41)25-23-31(40)22-19-28(3)38(4,5)36-27(2)18-20-29-14-10-12-16-32(29)36/h10-25H,3,8-9,26H2,1-2,4-7H3/b22-19+,31-23-,35-25+. The van der Waals surface area contributed by atoms with Crippen molar-refractivity contribution >= 4 is 38.8 Å². The lowest BCUT2D eigenvalue weighted by atomic mass is 9.74.